The van der Waals surface area contributed by atoms with E-state index in [4.69, 9.17) is 14.2 Å². The largest absolute Gasteiger partial charge is 0.493 e. The second kappa shape index (κ2) is 9.75. The number of benzene rings is 1. The van der Waals surface area contributed by atoms with Gasteiger partial charge >= 0.3 is 0 Å². The molecule has 0 aliphatic carbocycles. The molecule has 0 unspecified atom stereocenters. The Bertz CT molecular complexity index is 975. The minimum Gasteiger partial charge on any atom is -0.493 e. The Kier molecular flexibility index (Phi) is 6.86. The van der Waals surface area contributed by atoms with Gasteiger partial charge in [-0.1, -0.05) is 12.1 Å². The summed E-state index contributed by atoms with van der Waals surface area (Å²) in [5.74, 6) is 1.36. The molecule has 0 aliphatic heterocycles. The van der Waals surface area contributed by atoms with Crippen LogP contribution in [0, 0.1) is 0 Å². The monoisotopic (exact) mass is 410 g/mol. The standard InChI is InChI=1S/C22H22N2O4S/c1-26-17-12-15(13-18(27-2)22(17)28-3)8-9-20(25)24-14-16-6-4-10-23-21(16)19-7-5-11-29-19/h4-13H,14H2,1-3H3,(H,24,25)/b9-8+. The molecule has 6 nitrogen and oxygen atoms in total. The van der Waals surface area contributed by atoms with Crippen molar-refractivity contribution in [3.63, 3.8) is 0 Å². The van der Waals surface area contributed by atoms with Gasteiger partial charge in [0.2, 0.25) is 11.7 Å². The van der Waals surface area contributed by atoms with Gasteiger partial charge in [0.1, 0.15) is 0 Å². The summed E-state index contributed by atoms with van der Waals surface area (Å²) >= 11 is 1.62. The first-order chi connectivity index (χ1) is 14.2. The van der Waals surface area contributed by atoms with Crippen LogP contribution in [0.1, 0.15) is 11.1 Å². The average molecular weight is 410 g/mol. The predicted octanol–water partition coefficient (Wildman–Crippen LogP) is 4.17. The first-order valence-corrected chi connectivity index (χ1v) is 9.78. The molecule has 2 aromatic heterocycles. The van der Waals surface area contributed by atoms with Crippen molar-refractivity contribution in [3.05, 3.63) is 65.2 Å². The SMILES string of the molecule is COc1cc(/C=C/C(=O)NCc2cccnc2-c2cccs2)cc(OC)c1OC. The zero-order chi connectivity index (χ0) is 20.6. The van der Waals surface area contributed by atoms with Crippen LogP contribution >= 0.6 is 11.3 Å². The molecule has 3 rings (SSSR count). The van der Waals surface area contributed by atoms with Crippen molar-refractivity contribution in [1.29, 1.82) is 0 Å². The van der Waals surface area contributed by atoms with Crippen molar-refractivity contribution >= 4 is 23.3 Å². The Morgan fingerprint density at radius 3 is 2.48 bits per heavy atom. The first-order valence-electron chi connectivity index (χ1n) is 8.90. The fourth-order valence-corrected chi connectivity index (χ4v) is 3.58. The molecular weight excluding hydrogens is 388 g/mol. The second-order valence-corrected chi connectivity index (χ2v) is 6.95. The maximum Gasteiger partial charge on any atom is 0.244 e. The van der Waals surface area contributed by atoms with Crippen LogP contribution in [0.25, 0.3) is 16.6 Å². The van der Waals surface area contributed by atoms with E-state index in [-0.39, 0.29) is 5.91 Å². The molecule has 0 spiro atoms. The predicted molar refractivity (Wildman–Crippen MR) is 115 cm³/mol. The lowest BCUT2D eigenvalue weighted by molar-refractivity contribution is -0.116. The van der Waals surface area contributed by atoms with Crippen molar-refractivity contribution in [2.75, 3.05) is 21.3 Å². The van der Waals surface area contributed by atoms with E-state index < -0.39 is 0 Å². The van der Waals surface area contributed by atoms with Crippen molar-refractivity contribution in [2.24, 2.45) is 0 Å². The Morgan fingerprint density at radius 1 is 1.10 bits per heavy atom. The van der Waals surface area contributed by atoms with Crippen LogP contribution in [-0.4, -0.2) is 32.2 Å². The van der Waals surface area contributed by atoms with E-state index in [1.807, 2.05) is 29.6 Å². The van der Waals surface area contributed by atoms with Crippen molar-refractivity contribution in [2.45, 2.75) is 6.54 Å². The number of amides is 1. The van der Waals surface area contributed by atoms with Crippen LogP contribution in [0.15, 0.2) is 54.1 Å². The van der Waals surface area contributed by atoms with E-state index in [1.54, 1.807) is 57.1 Å². The van der Waals surface area contributed by atoms with Crippen LogP contribution in [0.5, 0.6) is 17.2 Å². The number of nitrogens with zero attached hydrogens (tertiary/aromatic N) is 1. The molecule has 3 aromatic rings. The number of pyridine rings is 1. The Hall–Kier alpha value is -3.32. The number of rotatable bonds is 8. The highest BCUT2D eigenvalue weighted by molar-refractivity contribution is 7.13. The number of methoxy groups -OCH3 is 3. The van der Waals surface area contributed by atoms with Crippen LogP contribution in [0.4, 0.5) is 0 Å². The van der Waals surface area contributed by atoms with Crippen molar-refractivity contribution in [3.8, 4) is 27.8 Å². The summed E-state index contributed by atoms with van der Waals surface area (Å²) in [6.45, 7) is 0.388. The minimum atomic E-state index is -0.209. The van der Waals surface area contributed by atoms with E-state index in [0.717, 1.165) is 21.7 Å². The van der Waals surface area contributed by atoms with E-state index >= 15 is 0 Å². The van der Waals surface area contributed by atoms with Gasteiger partial charge in [-0.2, -0.15) is 0 Å². The van der Waals surface area contributed by atoms with Gasteiger partial charge in [-0.05, 0) is 46.8 Å². The molecule has 7 heteroatoms. The molecule has 1 aromatic carbocycles. The van der Waals surface area contributed by atoms with Crippen LogP contribution in [0.3, 0.4) is 0 Å². The van der Waals surface area contributed by atoms with E-state index in [1.165, 1.54) is 6.08 Å². The smallest absolute Gasteiger partial charge is 0.244 e. The maximum atomic E-state index is 12.3. The molecule has 0 fully saturated rings. The van der Waals surface area contributed by atoms with Gasteiger partial charge in [0, 0.05) is 18.8 Å². The third-order valence-electron chi connectivity index (χ3n) is 4.21. The fraction of sp³-hybridized carbons (Fsp3) is 0.182. The third-order valence-corrected chi connectivity index (χ3v) is 5.09. The van der Waals surface area contributed by atoms with Crippen LogP contribution in [0.2, 0.25) is 0 Å². The summed E-state index contributed by atoms with van der Waals surface area (Å²) in [6, 6.07) is 11.4. The van der Waals surface area contributed by atoms with Gasteiger partial charge < -0.3 is 19.5 Å². The van der Waals surface area contributed by atoms with E-state index in [2.05, 4.69) is 10.3 Å². The van der Waals surface area contributed by atoms with Crippen molar-refractivity contribution < 1.29 is 19.0 Å². The highest BCUT2D eigenvalue weighted by Crippen LogP contribution is 2.38. The summed E-state index contributed by atoms with van der Waals surface area (Å²) in [7, 11) is 4.65. The Balaban J connectivity index is 1.70. The minimum absolute atomic E-state index is 0.209. The highest BCUT2D eigenvalue weighted by Gasteiger charge is 2.12. The Labute approximate surface area is 173 Å². The third kappa shape index (κ3) is 4.94. The Morgan fingerprint density at radius 2 is 1.86 bits per heavy atom. The normalized spacial score (nSPS) is 10.7. The average Bonchev–Trinajstić information content (AvgIpc) is 3.30. The lowest BCUT2D eigenvalue weighted by Gasteiger charge is -2.12. The number of hydrogen-bond donors (Lipinski definition) is 1. The zero-order valence-corrected chi connectivity index (χ0v) is 17.3. The summed E-state index contributed by atoms with van der Waals surface area (Å²) in [5, 5.41) is 4.91. The molecule has 0 atom stereocenters. The maximum absolute atomic E-state index is 12.3. The van der Waals surface area contributed by atoms with Gasteiger partial charge in [-0.3, -0.25) is 9.78 Å². The molecule has 0 radical (unpaired) electrons. The van der Waals surface area contributed by atoms with Gasteiger partial charge in [-0.25, -0.2) is 0 Å². The quantitative estimate of drug-likeness (QED) is 0.565. The molecular formula is C22H22N2O4S. The van der Waals surface area contributed by atoms with Crippen LogP contribution in [-0.2, 0) is 11.3 Å². The van der Waals surface area contributed by atoms with E-state index in [0.29, 0.717) is 23.8 Å². The van der Waals surface area contributed by atoms with Gasteiger partial charge in [-0.15, -0.1) is 11.3 Å². The number of carbonyl (C=O) groups is 1. The summed E-state index contributed by atoms with van der Waals surface area (Å²) in [5.41, 5.74) is 2.61. The molecule has 1 amide bonds. The molecule has 0 saturated heterocycles. The van der Waals surface area contributed by atoms with Gasteiger partial charge in [0.25, 0.3) is 0 Å². The van der Waals surface area contributed by atoms with Crippen LogP contribution < -0.4 is 19.5 Å². The molecule has 0 bridgehead atoms. The molecule has 0 saturated carbocycles. The number of ether oxygens (including phenoxy) is 3. The number of nitrogens with one attached hydrogen (secondary N) is 1. The highest BCUT2D eigenvalue weighted by atomic mass is 32.1. The number of aromatic nitrogens is 1. The second-order valence-electron chi connectivity index (χ2n) is 6.00. The number of thiophene rings is 1. The number of carbonyl (C=O) groups excluding carboxylic acids is 1. The molecule has 1 N–H and O–H groups in total. The summed E-state index contributed by atoms with van der Waals surface area (Å²) in [4.78, 5) is 17.8. The zero-order valence-electron chi connectivity index (χ0n) is 16.5. The molecule has 2 heterocycles. The van der Waals surface area contributed by atoms with E-state index in [9.17, 15) is 4.79 Å². The fourth-order valence-electron chi connectivity index (χ4n) is 2.83. The molecule has 0 aliphatic rings. The van der Waals surface area contributed by atoms with Gasteiger partial charge in [0.15, 0.2) is 11.5 Å². The molecule has 29 heavy (non-hydrogen) atoms. The lowest BCUT2D eigenvalue weighted by atomic mass is 10.1. The molecule has 150 valence electrons. The van der Waals surface area contributed by atoms with Crippen molar-refractivity contribution in [1.82, 2.24) is 10.3 Å². The topological polar surface area (TPSA) is 69.7 Å². The lowest BCUT2D eigenvalue weighted by Crippen LogP contribution is -2.20. The van der Waals surface area contributed by atoms with Gasteiger partial charge in [0.05, 0.1) is 31.9 Å². The summed E-state index contributed by atoms with van der Waals surface area (Å²) < 4.78 is 16.0. The number of hydrogen-bond acceptors (Lipinski definition) is 6. The first kappa shape index (κ1) is 20.4. The summed E-state index contributed by atoms with van der Waals surface area (Å²) in [6.07, 6.45) is 4.93.